The molecule has 1 N–H and O–H groups in total. The van der Waals surface area contributed by atoms with Gasteiger partial charge in [-0.05, 0) is 12.1 Å². The van der Waals surface area contributed by atoms with Crippen LogP contribution in [0.3, 0.4) is 0 Å². The maximum atomic E-state index is 14.2. The van der Waals surface area contributed by atoms with E-state index in [1.807, 2.05) is 30.3 Å². The van der Waals surface area contributed by atoms with Gasteiger partial charge in [0.15, 0.2) is 5.82 Å². The summed E-state index contributed by atoms with van der Waals surface area (Å²) in [7, 11) is 0. The largest absolute Gasteiger partial charge is 0.276 e. The number of nitrogens with one attached hydrogen (secondary N) is 1. The number of anilines is 1. The smallest absolute Gasteiger partial charge is 0.162 e. The van der Waals surface area contributed by atoms with Gasteiger partial charge >= 0.3 is 0 Å². The van der Waals surface area contributed by atoms with Crippen molar-refractivity contribution in [2.45, 2.75) is 0 Å². The average molecular weight is 331 g/mol. The third-order valence-corrected chi connectivity index (χ3v) is 3.66. The fourth-order valence-electron chi connectivity index (χ4n) is 2.49. The van der Waals surface area contributed by atoms with Crippen molar-refractivity contribution in [1.82, 2.24) is 19.6 Å². The standard InChI is InChI=1S/C19H14FN5/c20-16-9-5-4-8-15(16)17-12-18(24-25-11-10-21-13-25)23-19(22-17)14-6-2-1-3-7-14/h1-13H,(H,22,23,24). The van der Waals surface area contributed by atoms with Crippen LogP contribution in [0.5, 0.6) is 0 Å². The zero-order chi connectivity index (χ0) is 17.1. The molecular formula is C19H14FN5. The Morgan fingerprint density at radius 3 is 2.48 bits per heavy atom. The molecule has 2 aromatic heterocycles. The molecule has 0 aliphatic carbocycles. The van der Waals surface area contributed by atoms with Crippen molar-refractivity contribution in [2.75, 3.05) is 5.43 Å². The predicted molar refractivity (Wildman–Crippen MR) is 94.1 cm³/mol. The molecule has 25 heavy (non-hydrogen) atoms. The molecule has 0 atom stereocenters. The molecule has 0 fully saturated rings. The Balaban J connectivity index is 1.84. The molecule has 0 amide bonds. The summed E-state index contributed by atoms with van der Waals surface area (Å²) in [5.41, 5.74) is 4.90. The average Bonchev–Trinajstić information content (AvgIpc) is 3.15. The fourth-order valence-corrected chi connectivity index (χ4v) is 2.49. The van der Waals surface area contributed by atoms with Crippen LogP contribution < -0.4 is 5.43 Å². The lowest BCUT2D eigenvalue weighted by Crippen LogP contribution is -2.09. The van der Waals surface area contributed by atoms with Gasteiger partial charge in [-0.2, -0.15) is 0 Å². The van der Waals surface area contributed by atoms with Gasteiger partial charge in [-0.15, -0.1) is 0 Å². The second-order valence-corrected chi connectivity index (χ2v) is 5.39. The lowest BCUT2D eigenvalue weighted by atomic mass is 10.1. The van der Waals surface area contributed by atoms with Crippen LogP contribution in [0.4, 0.5) is 10.2 Å². The summed E-state index contributed by atoms with van der Waals surface area (Å²) in [4.78, 5) is 13.1. The SMILES string of the molecule is Fc1ccccc1-c1cc(Nn2ccnc2)nc(-c2ccccc2)n1. The van der Waals surface area contributed by atoms with Crippen LogP contribution >= 0.6 is 0 Å². The molecule has 5 nitrogen and oxygen atoms in total. The van der Waals surface area contributed by atoms with Crippen molar-refractivity contribution in [3.63, 3.8) is 0 Å². The van der Waals surface area contributed by atoms with Crippen molar-refractivity contribution in [3.05, 3.63) is 85.2 Å². The second-order valence-electron chi connectivity index (χ2n) is 5.39. The summed E-state index contributed by atoms with van der Waals surface area (Å²) in [5.74, 6) is 0.739. The predicted octanol–water partition coefficient (Wildman–Crippen LogP) is 4.02. The van der Waals surface area contributed by atoms with E-state index in [4.69, 9.17) is 0 Å². The van der Waals surface area contributed by atoms with E-state index in [1.165, 1.54) is 6.07 Å². The van der Waals surface area contributed by atoms with Crippen molar-refractivity contribution >= 4 is 5.82 Å². The Morgan fingerprint density at radius 1 is 0.920 bits per heavy atom. The van der Waals surface area contributed by atoms with Crippen molar-refractivity contribution in [2.24, 2.45) is 0 Å². The minimum atomic E-state index is -0.325. The first-order chi connectivity index (χ1) is 12.3. The highest BCUT2D eigenvalue weighted by Gasteiger charge is 2.11. The number of nitrogens with zero attached hydrogens (tertiary/aromatic N) is 4. The summed E-state index contributed by atoms with van der Waals surface area (Å²) in [6, 6.07) is 17.9. The first kappa shape index (κ1) is 15.0. The molecule has 0 saturated carbocycles. The molecular weight excluding hydrogens is 317 g/mol. The number of halogens is 1. The Morgan fingerprint density at radius 2 is 1.72 bits per heavy atom. The van der Waals surface area contributed by atoms with Gasteiger partial charge in [-0.25, -0.2) is 24.0 Å². The number of rotatable bonds is 4. The van der Waals surface area contributed by atoms with E-state index < -0.39 is 0 Å². The van der Waals surface area contributed by atoms with E-state index >= 15 is 0 Å². The number of imidazole rings is 1. The first-order valence-electron chi connectivity index (χ1n) is 7.74. The lowest BCUT2D eigenvalue weighted by Gasteiger charge is -2.11. The van der Waals surface area contributed by atoms with Crippen LogP contribution in [0.15, 0.2) is 79.4 Å². The van der Waals surface area contributed by atoms with Gasteiger partial charge in [0.1, 0.15) is 18.0 Å². The first-order valence-corrected chi connectivity index (χ1v) is 7.74. The highest BCUT2D eigenvalue weighted by atomic mass is 19.1. The Bertz CT molecular complexity index is 984. The molecule has 0 aliphatic rings. The van der Waals surface area contributed by atoms with E-state index in [-0.39, 0.29) is 5.82 Å². The second kappa shape index (κ2) is 6.52. The monoisotopic (exact) mass is 331 g/mol. The van der Waals surface area contributed by atoms with Crippen LogP contribution in [0, 0.1) is 5.82 Å². The normalized spacial score (nSPS) is 10.6. The zero-order valence-electron chi connectivity index (χ0n) is 13.2. The van der Waals surface area contributed by atoms with Crippen LogP contribution in [0.2, 0.25) is 0 Å². The molecule has 0 spiro atoms. The third kappa shape index (κ3) is 3.23. The lowest BCUT2D eigenvalue weighted by molar-refractivity contribution is 0.630. The summed E-state index contributed by atoms with van der Waals surface area (Å²) >= 11 is 0. The molecule has 2 heterocycles. The van der Waals surface area contributed by atoms with Crippen LogP contribution in [-0.2, 0) is 0 Å². The maximum absolute atomic E-state index is 14.2. The van der Waals surface area contributed by atoms with Crippen LogP contribution in [0.1, 0.15) is 0 Å². The third-order valence-electron chi connectivity index (χ3n) is 3.66. The summed E-state index contributed by atoms with van der Waals surface area (Å²) in [6.45, 7) is 0. The minimum Gasteiger partial charge on any atom is -0.276 e. The van der Waals surface area contributed by atoms with Crippen molar-refractivity contribution < 1.29 is 4.39 Å². The van der Waals surface area contributed by atoms with Gasteiger partial charge in [0.25, 0.3) is 0 Å². The highest BCUT2D eigenvalue weighted by Crippen LogP contribution is 2.26. The van der Waals surface area contributed by atoms with Crippen LogP contribution in [0.25, 0.3) is 22.6 Å². The Kier molecular flexibility index (Phi) is 3.92. The van der Waals surface area contributed by atoms with E-state index in [0.717, 1.165) is 5.56 Å². The zero-order valence-corrected chi connectivity index (χ0v) is 13.2. The van der Waals surface area contributed by atoms with E-state index in [1.54, 1.807) is 47.7 Å². The van der Waals surface area contributed by atoms with E-state index in [2.05, 4.69) is 20.4 Å². The number of benzene rings is 2. The summed E-state index contributed by atoms with van der Waals surface area (Å²) in [5, 5.41) is 0. The van der Waals surface area contributed by atoms with Gasteiger partial charge in [0.2, 0.25) is 0 Å². The quantitative estimate of drug-likeness (QED) is 0.613. The fraction of sp³-hybridized carbons (Fsp3) is 0. The molecule has 122 valence electrons. The molecule has 0 saturated heterocycles. The molecule has 0 bridgehead atoms. The molecule has 0 radical (unpaired) electrons. The summed E-state index contributed by atoms with van der Waals surface area (Å²) in [6.07, 6.45) is 5.03. The molecule has 0 unspecified atom stereocenters. The number of hydrogen-bond acceptors (Lipinski definition) is 4. The van der Waals surface area contributed by atoms with Gasteiger partial charge < -0.3 is 0 Å². The Hall–Kier alpha value is -3.54. The van der Waals surface area contributed by atoms with E-state index in [0.29, 0.717) is 22.9 Å². The molecule has 0 aliphatic heterocycles. The van der Waals surface area contributed by atoms with Crippen molar-refractivity contribution in [3.8, 4) is 22.6 Å². The maximum Gasteiger partial charge on any atom is 0.162 e. The minimum absolute atomic E-state index is 0.325. The van der Waals surface area contributed by atoms with Gasteiger partial charge in [0, 0.05) is 29.6 Å². The van der Waals surface area contributed by atoms with Crippen LogP contribution in [-0.4, -0.2) is 19.6 Å². The van der Waals surface area contributed by atoms with Gasteiger partial charge in [-0.1, -0.05) is 42.5 Å². The number of hydrogen-bond donors (Lipinski definition) is 1. The number of aromatic nitrogens is 4. The highest BCUT2D eigenvalue weighted by molar-refractivity contribution is 5.67. The molecule has 4 aromatic rings. The van der Waals surface area contributed by atoms with E-state index in [9.17, 15) is 4.39 Å². The molecule has 2 aromatic carbocycles. The summed E-state index contributed by atoms with van der Waals surface area (Å²) < 4.78 is 15.9. The molecule has 4 rings (SSSR count). The van der Waals surface area contributed by atoms with Crippen molar-refractivity contribution in [1.29, 1.82) is 0 Å². The van der Waals surface area contributed by atoms with Gasteiger partial charge in [0.05, 0.1) is 5.69 Å². The topological polar surface area (TPSA) is 55.6 Å². The van der Waals surface area contributed by atoms with Gasteiger partial charge in [-0.3, -0.25) is 5.43 Å². The molecule has 6 heteroatoms. The Labute approximate surface area is 143 Å².